The Morgan fingerprint density at radius 2 is 1.92 bits per heavy atom. The molecule has 2 atom stereocenters. The number of hydrogen-bond acceptors (Lipinski definition) is 6. The van der Waals surface area contributed by atoms with Gasteiger partial charge in [-0.3, -0.25) is 4.79 Å². The van der Waals surface area contributed by atoms with Crippen molar-refractivity contribution < 1.29 is 22.7 Å². The summed E-state index contributed by atoms with van der Waals surface area (Å²) in [6.45, 7) is 4.88. The van der Waals surface area contributed by atoms with E-state index in [0.717, 1.165) is 11.5 Å². The van der Waals surface area contributed by atoms with E-state index in [9.17, 15) is 13.2 Å². The van der Waals surface area contributed by atoms with Gasteiger partial charge in [0.2, 0.25) is 5.91 Å². The molecule has 0 saturated carbocycles. The SMILES string of the molecule is CCOc1ccc(OCCSC(C)C(=O)NC2CCS(=O)(=O)C2)cc1. The molecule has 1 aromatic rings. The van der Waals surface area contributed by atoms with Crippen LogP contribution in [0.4, 0.5) is 0 Å². The number of carbonyl (C=O) groups is 1. The summed E-state index contributed by atoms with van der Waals surface area (Å²) >= 11 is 1.49. The highest BCUT2D eigenvalue weighted by atomic mass is 32.2. The number of carbonyl (C=O) groups excluding carboxylic acids is 1. The fourth-order valence-electron chi connectivity index (χ4n) is 2.49. The van der Waals surface area contributed by atoms with Gasteiger partial charge in [0.25, 0.3) is 0 Å². The second-order valence-corrected chi connectivity index (χ2v) is 9.55. The lowest BCUT2D eigenvalue weighted by Gasteiger charge is -2.15. The van der Waals surface area contributed by atoms with Gasteiger partial charge in [-0.05, 0) is 44.5 Å². The number of ether oxygens (including phenoxy) is 2. The van der Waals surface area contributed by atoms with Crippen molar-refractivity contribution >= 4 is 27.5 Å². The van der Waals surface area contributed by atoms with E-state index in [4.69, 9.17) is 9.47 Å². The number of thioether (sulfide) groups is 1. The molecule has 1 aliphatic rings. The molecule has 1 heterocycles. The zero-order chi connectivity index (χ0) is 18.3. The summed E-state index contributed by atoms with van der Waals surface area (Å²) in [5.41, 5.74) is 0. The molecule has 140 valence electrons. The lowest BCUT2D eigenvalue weighted by Crippen LogP contribution is -2.40. The molecule has 0 aromatic heterocycles. The van der Waals surface area contributed by atoms with Crippen LogP contribution in [0.1, 0.15) is 20.3 Å². The van der Waals surface area contributed by atoms with Gasteiger partial charge >= 0.3 is 0 Å². The first kappa shape index (κ1) is 19.9. The van der Waals surface area contributed by atoms with E-state index in [2.05, 4.69) is 5.32 Å². The van der Waals surface area contributed by atoms with E-state index in [1.165, 1.54) is 11.8 Å². The van der Waals surface area contributed by atoms with E-state index in [1.54, 1.807) is 0 Å². The minimum atomic E-state index is -2.98. The van der Waals surface area contributed by atoms with E-state index in [-0.39, 0.29) is 28.7 Å². The second kappa shape index (κ2) is 9.33. The van der Waals surface area contributed by atoms with Crippen LogP contribution in [0.25, 0.3) is 0 Å². The van der Waals surface area contributed by atoms with E-state index < -0.39 is 9.84 Å². The Kier molecular flexibility index (Phi) is 7.43. The minimum absolute atomic E-state index is 0.0526. The highest BCUT2D eigenvalue weighted by Gasteiger charge is 2.29. The monoisotopic (exact) mass is 387 g/mol. The molecule has 8 heteroatoms. The molecule has 0 radical (unpaired) electrons. The fourth-order valence-corrected chi connectivity index (χ4v) is 4.91. The van der Waals surface area contributed by atoms with Crippen molar-refractivity contribution in [2.24, 2.45) is 0 Å². The van der Waals surface area contributed by atoms with Gasteiger partial charge in [-0.15, -0.1) is 11.8 Å². The summed E-state index contributed by atoms with van der Waals surface area (Å²) in [7, 11) is -2.98. The molecule has 1 aliphatic heterocycles. The highest BCUT2D eigenvalue weighted by molar-refractivity contribution is 8.00. The van der Waals surface area contributed by atoms with E-state index in [0.29, 0.717) is 25.4 Å². The third kappa shape index (κ3) is 6.78. The molecule has 1 N–H and O–H groups in total. The summed E-state index contributed by atoms with van der Waals surface area (Å²) in [6, 6.07) is 7.18. The van der Waals surface area contributed by atoms with Crippen molar-refractivity contribution in [2.45, 2.75) is 31.6 Å². The normalized spacial score (nSPS) is 20.0. The van der Waals surface area contributed by atoms with Crippen molar-refractivity contribution in [2.75, 3.05) is 30.5 Å². The minimum Gasteiger partial charge on any atom is -0.494 e. The van der Waals surface area contributed by atoms with Crippen molar-refractivity contribution in [1.82, 2.24) is 5.32 Å². The molecular formula is C17H25NO5S2. The number of amides is 1. The van der Waals surface area contributed by atoms with Crippen LogP contribution < -0.4 is 14.8 Å². The average Bonchev–Trinajstić information content (AvgIpc) is 2.91. The number of rotatable bonds is 9. The lowest BCUT2D eigenvalue weighted by molar-refractivity contribution is -0.120. The highest BCUT2D eigenvalue weighted by Crippen LogP contribution is 2.19. The van der Waals surface area contributed by atoms with Crippen molar-refractivity contribution in [3.05, 3.63) is 24.3 Å². The Labute approximate surface area is 153 Å². The van der Waals surface area contributed by atoms with Gasteiger partial charge in [-0.2, -0.15) is 0 Å². The predicted molar refractivity (Wildman–Crippen MR) is 100 cm³/mol. The van der Waals surface area contributed by atoms with Crippen LogP contribution in [0.15, 0.2) is 24.3 Å². The number of hydrogen-bond donors (Lipinski definition) is 1. The maximum atomic E-state index is 12.1. The van der Waals surface area contributed by atoms with Crippen molar-refractivity contribution in [3.8, 4) is 11.5 Å². The van der Waals surface area contributed by atoms with Gasteiger partial charge in [0.1, 0.15) is 11.5 Å². The van der Waals surface area contributed by atoms with Gasteiger partial charge in [0.15, 0.2) is 9.84 Å². The molecule has 1 saturated heterocycles. The molecule has 2 unspecified atom stereocenters. The van der Waals surface area contributed by atoms with E-state index >= 15 is 0 Å². The Hall–Kier alpha value is -1.41. The quantitative estimate of drug-likeness (QED) is 0.652. The first-order valence-electron chi connectivity index (χ1n) is 8.37. The Morgan fingerprint density at radius 3 is 2.48 bits per heavy atom. The van der Waals surface area contributed by atoms with Crippen LogP contribution in [0.5, 0.6) is 11.5 Å². The topological polar surface area (TPSA) is 81.7 Å². The average molecular weight is 388 g/mol. The third-order valence-electron chi connectivity index (χ3n) is 3.80. The molecule has 6 nitrogen and oxygen atoms in total. The Morgan fingerprint density at radius 1 is 1.28 bits per heavy atom. The van der Waals surface area contributed by atoms with Crippen LogP contribution in [0.3, 0.4) is 0 Å². The van der Waals surface area contributed by atoms with Gasteiger partial charge in [-0.25, -0.2) is 8.42 Å². The predicted octanol–water partition coefficient (Wildman–Crippen LogP) is 1.89. The molecule has 1 aromatic carbocycles. The summed E-state index contributed by atoms with van der Waals surface area (Å²) in [4.78, 5) is 12.1. The smallest absolute Gasteiger partial charge is 0.233 e. The molecule has 25 heavy (non-hydrogen) atoms. The second-order valence-electron chi connectivity index (χ2n) is 5.87. The summed E-state index contributed by atoms with van der Waals surface area (Å²) in [6.07, 6.45) is 0.506. The zero-order valence-corrected chi connectivity index (χ0v) is 16.2. The first-order valence-corrected chi connectivity index (χ1v) is 11.2. The summed E-state index contributed by atoms with van der Waals surface area (Å²) in [5.74, 6) is 2.34. The van der Waals surface area contributed by atoms with Gasteiger partial charge in [0.05, 0.1) is 30.0 Å². The van der Waals surface area contributed by atoms with Crippen molar-refractivity contribution in [3.63, 3.8) is 0 Å². The van der Waals surface area contributed by atoms with Gasteiger partial charge < -0.3 is 14.8 Å². The molecule has 1 fully saturated rings. The van der Waals surface area contributed by atoms with Crippen LogP contribution >= 0.6 is 11.8 Å². The maximum absolute atomic E-state index is 12.1. The van der Waals surface area contributed by atoms with Crippen LogP contribution in [-0.4, -0.2) is 56.1 Å². The molecule has 0 bridgehead atoms. The van der Waals surface area contributed by atoms with Crippen LogP contribution in [0, 0.1) is 0 Å². The van der Waals surface area contributed by atoms with Gasteiger partial charge in [-0.1, -0.05) is 0 Å². The van der Waals surface area contributed by atoms with Crippen LogP contribution in [0.2, 0.25) is 0 Å². The Balaban J connectivity index is 1.64. The molecule has 1 amide bonds. The van der Waals surface area contributed by atoms with E-state index in [1.807, 2.05) is 38.1 Å². The lowest BCUT2D eigenvalue weighted by atomic mass is 10.2. The first-order chi connectivity index (χ1) is 11.9. The molecular weight excluding hydrogens is 362 g/mol. The molecule has 2 rings (SSSR count). The van der Waals surface area contributed by atoms with Gasteiger partial charge in [0, 0.05) is 11.8 Å². The molecule has 0 spiro atoms. The zero-order valence-electron chi connectivity index (χ0n) is 14.6. The molecule has 0 aliphatic carbocycles. The third-order valence-corrected chi connectivity index (χ3v) is 6.69. The summed E-state index contributed by atoms with van der Waals surface area (Å²) < 4.78 is 33.8. The number of nitrogens with one attached hydrogen (secondary N) is 1. The summed E-state index contributed by atoms with van der Waals surface area (Å²) in [5, 5.41) is 2.57. The standard InChI is InChI=1S/C17H25NO5S2/c1-3-22-15-4-6-16(7-5-15)23-9-10-24-13(2)17(19)18-14-8-11-25(20,21)12-14/h4-7,13-14H,3,8-12H2,1-2H3,(H,18,19). The fraction of sp³-hybridized carbons (Fsp3) is 0.588. The largest absolute Gasteiger partial charge is 0.494 e. The maximum Gasteiger partial charge on any atom is 0.233 e. The van der Waals surface area contributed by atoms with Crippen molar-refractivity contribution in [1.29, 1.82) is 0 Å². The van der Waals surface area contributed by atoms with Crippen LogP contribution in [-0.2, 0) is 14.6 Å². The Bertz CT molecular complexity index is 660. The number of benzene rings is 1. The number of sulfone groups is 1.